The van der Waals surface area contributed by atoms with Crippen LogP contribution in [0.2, 0.25) is 0 Å². The molecule has 0 aliphatic heterocycles. The number of hydrogen-bond acceptors (Lipinski definition) is 5. The number of nitrogens with one attached hydrogen (secondary N) is 1. The van der Waals surface area contributed by atoms with Crippen molar-refractivity contribution in [3.05, 3.63) is 22.8 Å². The molecule has 1 aromatic rings. The number of hydrogen-bond donors (Lipinski definition) is 1. The molecule has 7 nitrogen and oxygen atoms in total. The maximum atomic E-state index is 8.95. The van der Waals surface area contributed by atoms with Crippen molar-refractivity contribution >= 4 is 0 Å². The first-order valence-corrected chi connectivity index (χ1v) is 2.24. The SMILES string of the molecule is CO[N+](=O)[O-].c1nc[nH]n1. The molecule has 56 valence electrons. The average molecular weight is 146 g/mol. The molecule has 0 unspecified atom stereocenters. The topological polar surface area (TPSA) is 93.9 Å². The summed E-state index contributed by atoms with van der Waals surface area (Å²) in [6.07, 6.45) is 2.96. The molecule has 0 atom stereocenters. The molecule has 0 bridgehead atoms. The van der Waals surface area contributed by atoms with Crippen LogP contribution in [0.5, 0.6) is 0 Å². The van der Waals surface area contributed by atoms with Crippen LogP contribution in [0.4, 0.5) is 0 Å². The van der Waals surface area contributed by atoms with Gasteiger partial charge in [-0.15, -0.1) is 10.1 Å². The van der Waals surface area contributed by atoms with E-state index in [0.717, 1.165) is 7.11 Å². The summed E-state index contributed by atoms with van der Waals surface area (Å²) in [7, 11) is 1.00. The summed E-state index contributed by atoms with van der Waals surface area (Å²) in [6, 6.07) is 0. The van der Waals surface area contributed by atoms with Gasteiger partial charge in [-0.3, -0.25) is 5.10 Å². The summed E-state index contributed by atoms with van der Waals surface area (Å²) in [5, 5.41) is 14.1. The summed E-state index contributed by atoms with van der Waals surface area (Å²) in [6.45, 7) is 0. The Kier molecular flexibility index (Phi) is 4.57. The zero-order valence-electron chi connectivity index (χ0n) is 5.22. The zero-order valence-corrected chi connectivity index (χ0v) is 5.22. The van der Waals surface area contributed by atoms with Crippen molar-refractivity contribution < 1.29 is 9.92 Å². The molecule has 1 heterocycles. The Labute approximate surface area is 56.1 Å². The summed E-state index contributed by atoms with van der Waals surface area (Å²) < 4.78 is 0. The van der Waals surface area contributed by atoms with Gasteiger partial charge in [0.05, 0.1) is 7.11 Å². The summed E-state index contributed by atoms with van der Waals surface area (Å²) in [4.78, 5) is 16.0. The lowest BCUT2D eigenvalue weighted by atomic mass is 11.3. The Morgan fingerprint density at radius 2 is 2.40 bits per heavy atom. The standard InChI is InChI=1S/C2H3N3.CH3NO3/c1-3-2-5-4-1;1-5-2(3)4/h1-2H,(H,3,4,5);1H3. The van der Waals surface area contributed by atoms with Crippen LogP contribution in [-0.4, -0.2) is 27.4 Å². The molecule has 0 fully saturated rings. The summed E-state index contributed by atoms with van der Waals surface area (Å²) >= 11 is 0. The molecular weight excluding hydrogens is 140 g/mol. The molecule has 0 aliphatic rings. The molecule has 0 saturated heterocycles. The summed E-state index contributed by atoms with van der Waals surface area (Å²) in [5.74, 6) is 0. The predicted octanol–water partition coefficient (Wildman–Crippen LogP) is -0.371. The minimum Gasteiger partial charge on any atom is -0.317 e. The lowest BCUT2D eigenvalue weighted by Gasteiger charge is -1.75. The van der Waals surface area contributed by atoms with Gasteiger partial charge < -0.3 is 4.84 Å². The minimum atomic E-state index is -0.875. The van der Waals surface area contributed by atoms with Gasteiger partial charge in [-0.05, 0) is 0 Å². The van der Waals surface area contributed by atoms with Gasteiger partial charge in [0.2, 0.25) is 0 Å². The van der Waals surface area contributed by atoms with E-state index in [2.05, 4.69) is 20.0 Å². The number of nitrogens with zero attached hydrogens (tertiary/aromatic N) is 3. The van der Waals surface area contributed by atoms with Gasteiger partial charge in [0.15, 0.2) is 0 Å². The number of rotatable bonds is 1. The lowest BCUT2D eigenvalue weighted by molar-refractivity contribution is -0.749. The highest BCUT2D eigenvalue weighted by molar-refractivity contribution is 4.43. The quantitative estimate of drug-likeness (QED) is 0.430. The Morgan fingerprint density at radius 1 is 1.80 bits per heavy atom. The van der Waals surface area contributed by atoms with Gasteiger partial charge in [0.1, 0.15) is 12.7 Å². The predicted molar refractivity (Wildman–Crippen MR) is 30.4 cm³/mol. The van der Waals surface area contributed by atoms with Crippen LogP contribution in [0.1, 0.15) is 0 Å². The van der Waals surface area contributed by atoms with E-state index in [1.165, 1.54) is 12.7 Å². The molecule has 1 N–H and O–H groups in total. The van der Waals surface area contributed by atoms with Crippen molar-refractivity contribution in [3.8, 4) is 0 Å². The van der Waals surface area contributed by atoms with Crippen LogP contribution < -0.4 is 0 Å². The van der Waals surface area contributed by atoms with Crippen molar-refractivity contribution in [3.63, 3.8) is 0 Å². The van der Waals surface area contributed by atoms with Gasteiger partial charge in [0, 0.05) is 0 Å². The Morgan fingerprint density at radius 3 is 2.50 bits per heavy atom. The van der Waals surface area contributed by atoms with Crippen LogP contribution in [0.25, 0.3) is 0 Å². The average Bonchev–Trinajstić information content (AvgIpc) is 2.43. The Hall–Kier alpha value is -1.66. The van der Waals surface area contributed by atoms with E-state index in [-0.39, 0.29) is 0 Å². The van der Waals surface area contributed by atoms with E-state index in [1.807, 2.05) is 0 Å². The van der Waals surface area contributed by atoms with Crippen molar-refractivity contribution in [2.24, 2.45) is 0 Å². The maximum Gasteiger partial charge on any atom is 0.294 e. The van der Waals surface area contributed by atoms with E-state index in [4.69, 9.17) is 10.1 Å². The third-order valence-corrected chi connectivity index (χ3v) is 0.480. The minimum absolute atomic E-state index is 0.875. The Balaban J connectivity index is 0.000000162. The highest BCUT2D eigenvalue weighted by atomic mass is 16.9. The molecule has 0 radical (unpaired) electrons. The first-order chi connectivity index (χ1) is 4.77. The van der Waals surface area contributed by atoms with Gasteiger partial charge in [-0.25, -0.2) is 4.98 Å². The van der Waals surface area contributed by atoms with E-state index in [1.54, 1.807) is 0 Å². The Bertz CT molecular complexity index is 145. The van der Waals surface area contributed by atoms with E-state index in [9.17, 15) is 0 Å². The van der Waals surface area contributed by atoms with Crippen molar-refractivity contribution in [2.75, 3.05) is 7.11 Å². The monoisotopic (exact) mass is 146 g/mol. The molecule has 7 heteroatoms. The molecule has 10 heavy (non-hydrogen) atoms. The molecule has 0 spiro atoms. The molecule has 0 saturated carbocycles. The molecule has 1 rings (SSSR count). The van der Waals surface area contributed by atoms with Crippen LogP contribution in [-0.2, 0) is 4.84 Å². The van der Waals surface area contributed by atoms with Crippen LogP contribution in [0.3, 0.4) is 0 Å². The largest absolute Gasteiger partial charge is 0.317 e. The fraction of sp³-hybridized carbons (Fsp3) is 0.333. The van der Waals surface area contributed by atoms with E-state index >= 15 is 0 Å². The smallest absolute Gasteiger partial charge is 0.294 e. The van der Waals surface area contributed by atoms with Crippen LogP contribution >= 0.6 is 0 Å². The lowest BCUT2D eigenvalue weighted by Crippen LogP contribution is -1.91. The van der Waals surface area contributed by atoms with Gasteiger partial charge in [-0.2, -0.15) is 5.10 Å². The van der Waals surface area contributed by atoms with Crippen molar-refractivity contribution in [1.82, 2.24) is 15.2 Å². The second kappa shape index (κ2) is 5.48. The molecule has 0 amide bonds. The highest BCUT2D eigenvalue weighted by Crippen LogP contribution is 1.57. The second-order valence-corrected chi connectivity index (χ2v) is 1.06. The fourth-order valence-corrected chi connectivity index (χ4v) is 0.167. The third kappa shape index (κ3) is 6.34. The zero-order chi connectivity index (χ0) is 7.82. The normalized spacial score (nSPS) is 7.30. The van der Waals surface area contributed by atoms with E-state index < -0.39 is 5.09 Å². The van der Waals surface area contributed by atoms with Crippen LogP contribution in [0, 0.1) is 10.1 Å². The van der Waals surface area contributed by atoms with Gasteiger partial charge >= 0.3 is 0 Å². The second-order valence-electron chi connectivity index (χ2n) is 1.06. The van der Waals surface area contributed by atoms with Gasteiger partial charge in [-0.1, -0.05) is 0 Å². The van der Waals surface area contributed by atoms with Crippen molar-refractivity contribution in [2.45, 2.75) is 0 Å². The molecule has 1 aromatic heterocycles. The first-order valence-electron chi connectivity index (χ1n) is 2.24. The molecule has 0 aromatic carbocycles. The summed E-state index contributed by atoms with van der Waals surface area (Å²) in [5.41, 5.74) is 0. The van der Waals surface area contributed by atoms with E-state index in [0.29, 0.717) is 0 Å². The third-order valence-electron chi connectivity index (χ3n) is 0.480. The fourth-order valence-electron chi connectivity index (χ4n) is 0.167. The number of aromatic amines is 1. The number of aromatic nitrogens is 3. The molecular formula is C3H6N4O3. The first kappa shape index (κ1) is 8.34. The molecule has 0 aliphatic carbocycles. The number of H-pyrrole nitrogens is 1. The van der Waals surface area contributed by atoms with Gasteiger partial charge in [0.25, 0.3) is 5.09 Å². The highest BCUT2D eigenvalue weighted by Gasteiger charge is 1.77. The maximum absolute atomic E-state index is 8.95. The van der Waals surface area contributed by atoms with Crippen LogP contribution in [0.15, 0.2) is 12.7 Å². The van der Waals surface area contributed by atoms with Crippen molar-refractivity contribution in [1.29, 1.82) is 0 Å².